The molecule has 158 valence electrons. The molecule has 0 bridgehead atoms. The van der Waals surface area contributed by atoms with Crippen LogP contribution in [0.3, 0.4) is 0 Å². The second-order valence-corrected chi connectivity index (χ2v) is 9.16. The van der Waals surface area contributed by atoms with Gasteiger partial charge in [0, 0.05) is 16.4 Å². The second kappa shape index (κ2) is 9.77. The van der Waals surface area contributed by atoms with Crippen molar-refractivity contribution < 1.29 is 14.3 Å². The molecule has 0 aromatic heterocycles. The van der Waals surface area contributed by atoms with Gasteiger partial charge in [-0.05, 0) is 70.0 Å². The molecule has 2 amide bonds. The lowest BCUT2D eigenvalue weighted by Gasteiger charge is -2.25. The summed E-state index contributed by atoms with van der Waals surface area (Å²) in [6.07, 6.45) is 0. The number of nitrogens with one attached hydrogen (secondary N) is 1. The van der Waals surface area contributed by atoms with Crippen molar-refractivity contribution in [2.24, 2.45) is 0 Å². The van der Waals surface area contributed by atoms with Gasteiger partial charge >= 0.3 is 0 Å². The number of nitrogens with zero attached hydrogens (tertiary/aromatic N) is 1. The van der Waals surface area contributed by atoms with E-state index in [2.05, 4.69) is 21.2 Å². The van der Waals surface area contributed by atoms with Crippen LogP contribution in [0.2, 0.25) is 5.02 Å². The lowest BCUT2D eigenvalue weighted by Crippen LogP contribution is -2.27. The number of rotatable bonds is 6. The molecule has 1 aliphatic heterocycles. The summed E-state index contributed by atoms with van der Waals surface area (Å²) in [5.41, 5.74) is 2.48. The molecule has 3 aromatic rings. The van der Waals surface area contributed by atoms with E-state index in [4.69, 9.17) is 16.3 Å². The fraction of sp³-hybridized carbons (Fsp3) is 0.130. The fourth-order valence-corrected chi connectivity index (χ4v) is 5.00. The first kappa shape index (κ1) is 21.7. The monoisotopic (exact) mass is 516 g/mol. The normalized spacial score (nSPS) is 15.7. The minimum absolute atomic E-state index is 0.0476. The summed E-state index contributed by atoms with van der Waals surface area (Å²) >= 11 is 11.1. The van der Waals surface area contributed by atoms with Crippen LogP contribution < -0.4 is 15.0 Å². The topological polar surface area (TPSA) is 58.6 Å². The Bertz CT molecular complexity index is 1100. The van der Waals surface area contributed by atoms with Gasteiger partial charge in [0.25, 0.3) is 5.91 Å². The van der Waals surface area contributed by atoms with Gasteiger partial charge in [-0.1, -0.05) is 35.9 Å². The molecule has 1 saturated heterocycles. The summed E-state index contributed by atoms with van der Waals surface area (Å²) in [5, 5.41) is 3.26. The highest BCUT2D eigenvalue weighted by atomic mass is 79.9. The average Bonchev–Trinajstić information content (AvgIpc) is 3.15. The smallest absolute Gasteiger partial charge is 0.262 e. The molecule has 1 fully saturated rings. The third-order valence-corrected chi connectivity index (χ3v) is 6.71. The lowest BCUT2D eigenvalue weighted by atomic mass is 10.1. The van der Waals surface area contributed by atoms with E-state index in [1.54, 1.807) is 34.9 Å². The maximum Gasteiger partial charge on any atom is 0.262 e. The number of para-hydroxylation sites is 1. The molecule has 0 saturated carbocycles. The minimum atomic E-state index is -0.243. The van der Waals surface area contributed by atoms with Gasteiger partial charge in [0.2, 0.25) is 5.91 Å². The fourth-order valence-electron chi connectivity index (χ4n) is 3.20. The quantitative estimate of drug-likeness (QED) is 0.442. The zero-order valence-corrected chi connectivity index (χ0v) is 19.4. The van der Waals surface area contributed by atoms with Crippen molar-refractivity contribution in [2.45, 2.75) is 5.37 Å². The number of thioether (sulfide) groups is 1. The van der Waals surface area contributed by atoms with Gasteiger partial charge in [-0.3, -0.25) is 14.5 Å². The number of benzene rings is 3. The van der Waals surface area contributed by atoms with Gasteiger partial charge in [0.15, 0.2) is 6.61 Å². The van der Waals surface area contributed by atoms with Crippen LogP contribution in [0.1, 0.15) is 10.9 Å². The van der Waals surface area contributed by atoms with E-state index in [1.807, 2.05) is 54.6 Å². The van der Waals surface area contributed by atoms with Crippen molar-refractivity contribution >= 4 is 62.5 Å². The Morgan fingerprint density at radius 2 is 1.87 bits per heavy atom. The molecule has 4 rings (SSSR count). The van der Waals surface area contributed by atoms with Crippen molar-refractivity contribution in [3.8, 4) is 5.75 Å². The Labute approximate surface area is 197 Å². The second-order valence-electron chi connectivity index (χ2n) is 6.80. The van der Waals surface area contributed by atoms with E-state index in [1.165, 1.54) is 0 Å². The van der Waals surface area contributed by atoms with Crippen molar-refractivity contribution in [3.05, 3.63) is 87.9 Å². The predicted octanol–water partition coefficient (Wildman–Crippen LogP) is 5.90. The first-order chi connectivity index (χ1) is 15.0. The number of hydrogen-bond donors (Lipinski definition) is 1. The van der Waals surface area contributed by atoms with Crippen molar-refractivity contribution in [2.75, 3.05) is 22.6 Å². The molecule has 31 heavy (non-hydrogen) atoms. The lowest BCUT2D eigenvalue weighted by molar-refractivity contribution is -0.118. The van der Waals surface area contributed by atoms with Crippen molar-refractivity contribution in [1.29, 1.82) is 0 Å². The van der Waals surface area contributed by atoms with Crippen LogP contribution in [0.25, 0.3) is 0 Å². The molecule has 0 unspecified atom stereocenters. The first-order valence-electron chi connectivity index (χ1n) is 9.47. The van der Waals surface area contributed by atoms with Crippen molar-refractivity contribution in [1.82, 2.24) is 0 Å². The first-order valence-corrected chi connectivity index (χ1v) is 11.7. The maximum atomic E-state index is 12.5. The molecule has 0 radical (unpaired) electrons. The van der Waals surface area contributed by atoms with Crippen LogP contribution in [0.5, 0.6) is 5.75 Å². The van der Waals surface area contributed by atoms with Gasteiger partial charge in [0.05, 0.1) is 10.2 Å². The van der Waals surface area contributed by atoms with Gasteiger partial charge in [-0.15, -0.1) is 11.8 Å². The van der Waals surface area contributed by atoms with E-state index in [0.29, 0.717) is 21.0 Å². The summed E-state index contributed by atoms with van der Waals surface area (Å²) in [7, 11) is 0. The average molecular weight is 518 g/mol. The Morgan fingerprint density at radius 1 is 1.13 bits per heavy atom. The molecular weight excluding hydrogens is 500 g/mol. The predicted molar refractivity (Wildman–Crippen MR) is 129 cm³/mol. The van der Waals surface area contributed by atoms with E-state index >= 15 is 0 Å². The minimum Gasteiger partial charge on any atom is -0.483 e. The molecule has 5 nitrogen and oxygen atoms in total. The molecular formula is C23H18BrClN2O3S. The van der Waals surface area contributed by atoms with E-state index in [0.717, 1.165) is 16.9 Å². The molecule has 0 aliphatic carbocycles. The summed E-state index contributed by atoms with van der Waals surface area (Å²) in [4.78, 5) is 26.4. The Kier molecular flexibility index (Phi) is 6.85. The number of carbonyl (C=O) groups is 2. The van der Waals surface area contributed by atoms with Crippen molar-refractivity contribution in [3.63, 3.8) is 0 Å². The number of carbonyl (C=O) groups excluding carboxylic acids is 2. The number of anilines is 2. The Hall–Kier alpha value is -2.48. The third kappa shape index (κ3) is 5.23. The highest BCUT2D eigenvalue weighted by Gasteiger charge is 2.34. The molecule has 8 heteroatoms. The number of amides is 2. The largest absolute Gasteiger partial charge is 0.483 e. The molecule has 1 N–H and O–H groups in total. The van der Waals surface area contributed by atoms with Crippen LogP contribution in [-0.4, -0.2) is 24.2 Å². The van der Waals surface area contributed by atoms with Gasteiger partial charge in [-0.2, -0.15) is 0 Å². The molecule has 1 heterocycles. The SMILES string of the molecule is O=C(COc1ccc([C@@H]2SCC(=O)N2c2ccc(Cl)cc2)cc1Br)Nc1ccccc1. The summed E-state index contributed by atoms with van der Waals surface area (Å²) < 4.78 is 6.39. The van der Waals surface area contributed by atoms with Crippen LogP contribution >= 0.6 is 39.3 Å². The molecule has 1 aliphatic rings. The van der Waals surface area contributed by atoms with Gasteiger partial charge < -0.3 is 10.1 Å². The summed E-state index contributed by atoms with van der Waals surface area (Å²) in [6, 6.07) is 22.1. The number of ether oxygens (including phenoxy) is 1. The van der Waals surface area contributed by atoms with Gasteiger partial charge in [-0.25, -0.2) is 0 Å². The maximum absolute atomic E-state index is 12.5. The zero-order chi connectivity index (χ0) is 21.8. The summed E-state index contributed by atoms with van der Waals surface area (Å²) in [5.74, 6) is 0.766. The zero-order valence-electron chi connectivity index (χ0n) is 16.3. The van der Waals surface area contributed by atoms with E-state index in [-0.39, 0.29) is 23.8 Å². The van der Waals surface area contributed by atoms with E-state index in [9.17, 15) is 9.59 Å². The summed E-state index contributed by atoms with van der Waals surface area (Å²) in [6.45, 7) is -0.111. The molecule has 0 spiro atoms. The number of hydrogen-bond acceptors (Lipinski definition) is 4. The highest BCUT2D eigenvalue weighted by Crippen LogP contribution is 2.43. The molecule has 1 atom stereocenters. The Morgan fingerprint density at radius 3 is 2.58 bits per heavy atom. The van der Waals surface area contributed by atoms with E-state index < -0.39 is 0 Å². The van der Waals surface area contributed by atoms with Crippen LogP contribution in [0.15, 0.2) is 77.3 Å². The highest BCUT2D eigenvalue weighted by molar-refractivity contribution is 9.10. The molecule has 3 aromatic carbocycles. The van der Waals surface area contributed by atoms with Crippen LogP contribution in [0, 0.1) is 0 Å². The van der Waals surface area contributed by atoms with Gasteiger partial charge in [0.1, 0.15) is 11.1 Å². The standard InChI is InChI=1S/C23H18BrClN2O3S/c24-19-12-15(23-27(22(29)14-31-23)18-9-7-16(25)8-10-18)6-11-20(19)30-13-21(28)26-17-4-2-1-3-5-17/h1-12,23H,13-14H2,(H,26,28)/t23-/m0/s1. The van der Waals surface area contributed by atoms with Crippen LogP contribution in [-0.2, 0) is 9.59 Å². The number of halogens is 2. The third-order valence-electron chi connectivity index (χ3n) is 4.63. The Balaban J connectivity index is 1.44. The van der Waals surface area contributed by atoms with Crippen LogP contribution in [0.4, 0.5) is 11.4 Å².